The van der Waals surface area contributed by atoms with Crippen molar-refractivity contribution in [3.8, 4) is 0 Å². The molecule has 0 spiro atoms. The van der Waals surface area contributed by atoms with Crippen LogP contribution in [0.2, 0.25) is 0 Å². The van der Waals surface area contributed by atoms with Gasteiger partial charge in [0.25, 0.3) is 0 Å². The van der Waals surface area contributed by atoms with Crippen LogP contribution in [0, 0.1) is 0 Å². The van der Waals surface area contributed by atoms with Crippen molar-refractivity contribution in [3.05, 3.63) is 0 Å². The van der Waals surface area contributed by atoms with E-state index in [1.807, 2.05) is 6.92 Å². The molecule has 1 fully saturated rings. The lowest BCUT2D eigenvalue weighted by molar-refractivity contribution is -0.148. The first kappa shape index (κ1) is 13.0. The Balaban J connectivity index is 2.59. The van der Waals surface area contributed by atoms with E-state index in [9.17, 15) is 9.59 Å². The molecule has 0 radical (unpaired) electrons. The monoisotopic (exact) mass is 227 g/mol. The number of amides is 1. The van der Waals surface area contributed by atoms with Gasteiger partial charge < -0.3 is 9.64 Å². The van der Waals surface area contributed by atoms with Gasteiger partial charge in [-0.3, -0.25) is 9.59 Å². The van der Waals surface area contributed by atoms with Crippen LogP contribution in [0.1, 0.15) is 45.4 Å². The van der Waals surface area contributed by atoms with Gasteiger partial charge in [0, 0.05) is 12.5 Å². The maximum absolute atomic E-state index is 11.9. The molecule has 0 aromatic carbocycles. The summed E-state index contributed by atoms with van der Waals surface area (Å²) in [5.74, 6) is -0.240. The van der Waals surface area contributed by atoms with Gasteiger partial charge in [-0.25, -0.2) is 0 Å². The Morgan fingerprint density at radius 2 is 1.94 bits per heavy atom. The summed E-state index contributed by atoms with van der Waals surface area (Å²) in [6, 6.07) is 0.248. The first-order valence-corrected chi connectivity index (χ1v) is 6.05. The van der Waals surface area contributed by atoms with Gasteiger partial charge in [0.05, 0.1) is 7.11 Å². The molecule has 1 rings (SSSR count). The summed E-state index contributed by atoms with van der Waals surface area (Å²) in [6.07, 6.45) is 5.69. The maximum Gasteiger partial charge on any atom is 0.325 e. The van der Waals surface area contributed by atoms with Gasteiger partial charge in [-0.05, 0) is 19.3 Å². The van der Waals surface area contributed by atoms with Crippen LogP contribution in [0.5, 0.6) is 0 Å². The van der Waals surface area contributed by atoms with Crippen molar-refractivity contribution in [1.29, 1.82) is 0 Å². The van der Waals surface area contributed by atoms with Crippen LogP contribution in [0.25, 0.3) is 0 Å². The number of carbonyl (C=O) groups is 2. The Bertz CT molecular complexity index is 247. The second-order valence-electron chi connectivity index (χ2n) is 4.29. The van der Waals surface area contributed by atoms with E-state index in [-0.39, 0.29) is 24.5 Å². The first-order chi connectivity index (χ1) is 7.69. The lowest BCUT2D eigenvalue weighted by Crippen LogP contribution is -2.42. The van der Waals surface area contributed by atoms with Crippen molar-refractivity contribution in [3.63, 3.8) is 0 Å². The van der Waals surface area contributed by atoms with Crippen molar-refractivity contribution >= 4 is 11.9 Å². The molecule has 0 bridgehead atoms. The Morgan fingerprint density at radius 1 is 1.31 bits per heavy atom. The van der Waals surface area contributed by atoms with E-state index in [2.05, 4.69) is 4.74 Å². The Morgan fingerprint density at radius 3 is 2.44 bits per heavy atom. The Labute approximate surface area is 96.9 Å². The van der Waals surface area contributed by atoms with Crippen molar-refractivity contribution in [2.45, 2.75) is 51.5 Å². The highest BCUT2D eigenvalue weighted by Gasteiger charge is 2.27. The van der Waals surface area contributed by atoms with Crippen LogP contribution in [0.15, 0.2) is 0 Å². The summed E-state index contributed by atoms with van der Waals surface area (Å²) in [5.41, 5.74) is 0. The topological polar surface area (TPSA) is 46.6 Å². The lowest BCUT2D eigenvalue weighted by Gasteiger charge is -2.27. The van der Waals surface area contributed by atoms with Crippen LogP contribution in [-0.2, 0) is 14.3 Å². The average Bonchev–Trinajstić information content (AvgIpc) is 2.78. The van der Waals surface area contributed by atoms with Crippen LogP contribution in [0.3, 0.4) is 0 Å². The first-order valence-electron chi connectivity index (χ1n) is 6.05. The van der Waals surface area contributed by atoms with Gasteiger partial charge in [-0.15, -0.1) is 0 Å². The summed E-state index contributed by atoms with van der Waals surface area (Å²) in [6.45, 7) is 2.09. The molecule has 0 N–H and O–H groups in total. The van der Waals surface area contributed by atoms with Crippen molar-refractivity contribution < 1.29 is 14.3 Å². The van der Waals surface area contributed by atoms with Crippen LogP contribution in [0.4, 0.5) is 0 Å². The molecule has 1 aliphatic rings. The number of hydrogen-bond donors (Lipinski definition) is 0. The minimum absolute atomic E-state index is 0.0831. The summed E-state index contributed by atoms with van der Waals surface area (Å²) in [7, 11) is 1.36. The molecule has 1 aliphatic carbocycles. The number of esters is 1. The molecule has 1 saturated carbocycles. The Kier molecular flexibility index (Phi) is 5.29. The van der Waals surface area contributed by atoms with Gasteiger partial charge in [-0.2, -0.15) is 0 Å². The molecule has 0 aromatic heterocycles. The van der Waals surface area contributed by atoms with Crippen LogP contribution in [-0.4, -0.2) is 36.5 Å². The zero-order valence-corrected chi connectivity index (χ0v) is 10.2. The third kappa shape index (κ3) is 3.51. The second kappa shape index (κ2) is 6.51. The smallest absolute Gasteiger partial charge is 0.325 e. The van der Waals surface area contributed by atoms with E-state index in [1.165, 1.54) is 7.11 Å². The van der Waals surface area contributed by atoms with Gasteiger partial charge in [0.1, 0.15) is 6.54 Å². The summed E-state index contributed by atoms with van der Waals surface area (Å²) in [5, 5.41) is 0. The zero-order chi connectivity index (χ0) is 12.0. The number of ether oxygens (including phenoxy) is 1. The SMILES string of the molecule is CCCC(=O)N(CC(=O)OC)C1CCCC1. The van der Waals surface area contributed by atoms with E-state index in [1.54, 1.807) is 4.90 Å². The van der Waals surface area contributed by atoms with Crippen molar-refractivity contribution in [1.82, 2.24) is 4.90 Å². The van der Waals surface area contributed by atoms with Crippen LogP contribution < -0.4 is 0 Å². The van der Waals surface area contributed by atoms with E-state index >= 15 is 0 Å². The van der Waals surface area contributed by atoms with Gasteiger partial charge >= 0.3 is 5.97 Å². The molecule has 0 aliphatic heterocycles. The predicted octanol–water partition coefficient (Wildman–Crippen LogP) is 1.73. The highest BCUT2D eigenvalue weighted by atomic mass is 16.5. The molecule has 92 valence electrons. The lowest BCUT2D eigenvalue weighted by atomic mass is 10.2. The number of nitrogens with zero attached hydrogens (tertiary/aromatic N) is 1. The van der Waals surface area contributed by atoms with E-state index < -0.39 is 0 Å². The fourth-order valence-electron chi connectivity index (χ4n) is 2.20. The maximum atomic E-state index is 11.9. The molecule has 16 heavy (non-hydrogen) atoms. The molecule has 0 saturated heterocycles. The standard InChI is InChI=1S/C12H21NO3/c1-3-6-11(14)13(9-12(15)16-2)10-7-4-5-8-10/h10H,3-9H2,1-2H3. The minimum atomic E-state index is -0.323. The third-order valence-electron chi connectivity index (χ3n) is 3.08. The largest absolute Gasteiger partial charge is 0.468 e. The number of hydrogen-bond acceptors (Lipinski definition) is 3. The Hall–Kier alpha value is -1.06. The summed E-state index contributed by atoms with van der Waals surface area (Å²) >= 11 is 0. The number of carbonyl (C=O) groups excluding carboxylic acids is 2. The molecule has 4 heteroatoms. The summed E-state index contributed by atoms with van der Waals surface area (Å²) < 4.78 is 4.64. The molecule has 0 heterocycles. The summed E-state index contributed by atoms with van der Waals surface area (Å²) in [4.78, 5) is 24.9. The third-order valence-corrected chi connectivity index (χ3v) is 3.08. The number of methoxy groups -OCH3 is 1. The number of rotatable bonds is 5. The normalized spacial score (nSPS) is 16.1. The average molecular weight is 227 g/mol. The molecule has 0 atom stereocenters. The van der Waals surface area contributed by atoms with Crippen molar-refractivity contribution in [2.75, 3.05) is 13.7 Å². The second-order valence-corrected chi connectivity index (χ2v) is 4.29. The molecule has 0 unspecified atom stereocenters. The van der Waals surface area contributed by atoms with E-state index in [4.69, 9.17) is 0 Å². The molecular formula is C12H21NO3. The highest BCUT2D eigenvalue weighted by molar-refractivity contribution is 5.82. The fraction of sp³-hybridized carbons (Fsp3) is 0.833. The van der Waals surface area contributed by atoms with Crippen LogP contribution >= 0.6 is 0 Å². The quantitative estimate of drug-likeness (QED) is 0.672. The zero-order valence-electron chi connectivity index (χ0n) is 10.2. The van der Waals surface area contributed by atoms with Gasteiger partial charge in [0.2, 0.25) is 5.91 Å². The molecule has 0 aromatic rings. The molecule has 4 nitrogen and oxygen atoms in total. The highest BCUT2D eigenvalue weighted by Crippen LogP contribution is 2.24. The van der Waals surface area contributed by atoms with Gasteiger partial charge in [-0.1, -0.05) is 19.8 Å². The molecular weight excluding hydrogens is 206 g/mol. The minimum Gasteiger partial charge on any atom is -0.468 e. The van der Waals surface area contributed by atoms with E-state index in [0.29, 0.717) is 6.42 Å². The van der Waals surface area contributed by atoms with Crippen molar-refractivity contribution in [2.24, 2.45) is 0 Å². The molecule has 1 amide bonds. The fourth-order valence-corrected chi connectivity index (χ4v) is 2.20. The van der Waals surface area contributed by atoms with Gasteiger partial charge in [0.15, 0.2) is 0 Å². The van der Waals surface area contributed by atoms with E-state index in [0.717, 1.165) is 32.1 Å². The predicted molar refractivity (Wildman–Crippen MR) is 60.9 cm³/mol.